The second-order valence-corrected chi connectivity index (χ2v) is 8.77. The van der Waals surface area contributed by atoms with E-state index in [0.717, 1.165) is 11.5 Å². The fourth-order valence-corrected chi connectivity index (χ4v) is 6.29. The summed E-state index contributed by atoms with van der Waals surface area (Å²) in [6.45, 7) is 0. The zero-order valence-corrected chi connectivity index (χ0v) is 13.9. The Hall–Kier alpha value is -0.680. The average Bonchev–Trinajstić information content (AvgIpc) is 3.22. The van der Waals surface area contributed by atoms with Gasteiger partial charge in [-0.15, -0.1) is 46.2 Å². The number of thioether (sulfide) groups is 2. The van der Waals surface area contributed by atoms with E-state index in [0.29, 0.717) is 0 Å². The predicted molar refractivity (Wildman–Crippen MR) is 95.6 cm³/mol. The van der Waals surface area contributed by atoms with E-state index in [2.05, 4.69) is 48.6 Å². The maximum atomic E-state index is 2.26. The summed E-state index contributed by atoms with van der Waals surface area (Å²) in [6.07, 6.45) is 8.97. The fraction of sp³-hybridized carbons (Fsp3) is 0.125. The zero-order valence-electron chi connectivity index (χ0n) is 10.7. The molecule has 2 aliphatic rings. The molecule has 0 fully saturated rings. The molecule has 4 heterocycles. The molecule has 2 aliphatic heterocycles. The third kappa shape index (κ3) is 2.46. The molecule has 0 saturated heterocycles. The number of rotatable bonds is 0. The van der Waals surface area contributed by atoms with Crippen LogP contribution < -0.4 is 9.06 Å². The van der Waals surface area contributed by atoms with Crippen LogP contribution in [-0.4, -0.2) is 11.5 Å². The maximum absolute atomic E-state index is 2.26. The lowest BCUT2D eigenvalue weighted by Crippen LogP contribution is -1.91. The first kappa shape index (κ1) is 13.0. The molecular weight excluding hydrogens is 320 g/mol. The van der Waals surface area contributed by atoms with E-state index in [1.165, 1.54) is 27.9 Å². The van der Waals surface area contributed by atoms with Crippen LogP contribution in [0.15, 0.2) is 48.6 Å². The quantitative estimate of drug-likeness (QED) is 0.717. The van der Waals surface area contributed by atoms with Crippen LogP contribution in [0.4, 0.5) is 0 Å². The van der Waals surface area contributed by atoms with Crippen molar-refractivity contribution in [3.63, 3.8) is 0 Å². The van der Waals surface area contributed by atoms with Gasteiger partial charge in [-0.3, -0.25) is 0 Å². The largest absolute Gasteiger partial charge is 0.134 e. The smallest absolute Gasteiger partial charge is 0.0449 e. The van der Waals surface area contributed by atoms with E-state index in [9.17, 15) is 0 Å². The Morgan fingerprint density at radius 1 is 0.600 bits per heavy atom. The van der Waals surface area contributed by atoms with Gasteiger partial charge in [-0.1, -0.05) is 24.3 Å². The highest BCUT2D eigenvalue weighted by atomic mass is 32.2. The summed E-state index contributed by atoms with van der Waals surface area (Å²) in [5.41, 5.74) is 0. The van der Waals surface area contributed by atoms with Crippen molar-refractivity contribution in [2.24, 2.45) is 0 Å². The van der Waals surface area contributed by atoms with Crippen molar-refractivity contribution >= 4 is 56.0 Å². The second kappa shape index (κ2) is 5.60. The average molecular weight is 333 g/mol. The maximum Gasteiger partial charge on any atom is 0.0449 e. The summed E-state index contributed by atoms with van der Waals surface area (Å²) in [4.78, 5) is 2.84. The zero-order chi connectivity index (χ0) is 13.4. The summed E-state index contributed by atoms with van der Waals surface area (Å²) < 4.78 is 5.57. The van der Waals surface area contributed by atoms with Gasteiger partial charge in [0, 0.05) is 39.4 Å². The molecule has 0 amide bonds. The van der Waals surface area contributed by atoms with Crippen LogP contribution in [0.3, 0.4) is 0 Å². The highest BCUT2D eigenvalue weighted by Gasteiger charge is 2.03. The molecule has 0 nitrogen and oxygen atoms in total. The van der Waals surface area contributed by atoms with Crippen LogP contribution in [0.25, 0.3) is 9.81 Å². The van der Waals surface area contributed by atoms with Gasteiger partial charge >= 0.3 is 0 Å². The van der Waals surface area contributed by atoms with Gasteiger partial charge in [-0.25, -0.2) is 0 Å². The standard InChI is InChI=1S/C16H12S4/c1-3-11(17-9-1)13-5-7-15(19-13)16-8-6-14(20-16)12-4-2-10-18-12/h1-8H,9-10H2/b13-11+,14-12+,16-15-. The van der Waals surface area contributed by atoms with Crippen LogP contribution >= 0.6 is 46.2 Å². The first-order valence-electron chi connectivity index (χ1n) is 6.43. The minimum atomic E-state index is 1.12. The van der Waals surface area contributed by atoms with Crippen molar-refractivity contribution in [1.29, 1.82) is 0 Å². The highest BCUT2D eigenvalue weighted by Crippen LogP contribution is 2.25. The van der Waals surface area contributed by atoms with E-state index in [1.54, 1.807) is 0 Å². The first-order chi connectivity index (χ1) is 9.90. The molecule has 0 bridgehead atoms. The fourth-order valence-electron chi connectivity index (χ4n) is 2.19. The lowest BCUT2D eigenvalue weighted by atomic mass is 10.4. The van der Waals surface area contributed by atoms with Crippen LogP contribution in [0.5, 0.6) is 0 Å². The van der Waals surface area contributed by atoms with Gasteiger partial charge in [0.15, 0.2) is 0 Å². The SMILES string of the molecule is C1=C/C(=c2/cc/c(=c3\cc/c(=C4/C=CCS4)s3)s2)SC1. The third-order valence-electron chi connectivity index (χ3n) is 3.15. The van der Waals surface area contributed by atoms with Crippen molar-refractivity contribution in [3.8, 4) is 0 Å². The third-order valence-corrected chi connectivity index (χ3v) is 7.89. The number of hydrogen-bond donors (Lipinski definition) is 0. The van der Waals surface area contributed by atoms with E-state index in [4.69, 9.17) is 0 Å². The molecule has 4 heteroatoms. The Balaban J connectivity index is 1.92. The molecule has 0 radical (unpaired) electrons. The van der Waals surface area contributed by atoms with Gasteiger partial charge in [0.05, 0.1) is 0 Å². The van der Waals surface area contributed by atoms with Gasteiger partial charge in [-0.2, -0.15) is 0 Å². The molecule has 0 atom stereocenters. The van der Waals surface area contributed by atoms with Crippen LogP contribution in [0.1, 0.15) is 0 Å². The summed E-state index contributed by atoms with van der Waals surface area (Å²) in [5, 5.41) is 0. The van der Waals surface area contributed by atoms with Gasteiger partial charge in [0.2, 0.25) is 0 Å². The predicted octanol–water partition coefficient (Wildman–Crippen LogP) is 3.92. The van der Waals surface area contributed by atoms with Crippen molar-refractivity contribution in [2.45, 2.75) is 0 Å². The molecule has 2 aromatic heterocycles. The Kier molecular flexibility index (Phi) is 3.65. The van der Waals surface area contributed by atoms with Crippen LogP contribution in [-0.2, 0) is 0 Å². The van der Waals surface area contributed by atoms with Gasteiger partial charge in [-0.05, 0) is 24.3 Å². The molecule has 0 N–H and O–H groups in total. The minimum Gasteiger partial charge on any atom is -0.134 e. The molecule has 2 aromatic rings. The van der Waals surface area contributed by atoms with Crippen LogP contribution in [0.2, 0.25) is 0 Å². The number of hydrogen-bond acceptors (Lipinski definition) is 4. The van der Waals surface area contributed by atoms with Crippen LogP contribution in [0, 0.1) is 9.06 Å². The molecule has 0 saturated carbocycles. The minimum absolute atomic E-state index is 1.12. The Morgan fingerprint density at radius 3 is 1.45 bits per heavy atom. The van der Waals surface area contributed by atoms with E-state index >= 15 is 0 Å². The lowest BCUT2D eigenvalue weighted by molar-refractivity contribution is 1.76. The Bertz CT molecular complexity index is 832. The molecule has 20 heavy (non-hydrogen) atoms. The Morgan fingerprint density at radius 2 is 1.05 bits per heavy atom. The van der Waals surface area contributed by atoms with E-state index in [1.807, 2.05) is 46.2 Å². The van der Waals surface area contributed by atoms with Gasteiger partial charge in [0.25, 0.3) is 0 Å². The van der Waals surface area contributed by atoms with Crippen molar-refractivity contribution < 1.29 is 0 Å². The normalized spacial score (nSPS) is 24.8. The van der Waals surface area contributed by atoms with E-state index in [-0.39, 0.29) is 0 Å². The van der Waals surface area contributed by atoms with Gasteiger partial charge in [0.1, 0.15) is 0 Å². The van der Waals surface area contributed by atoms with Crippen molar-refractivity contribution in [1.82, 2.24) is 0 Å². The molecule has 100 valence electrons. The summed E-state index contributed by atoms with van der Waals surface area (Å²) in [7, 11) is 0. The Labute approximate surface area is 133 Å². The van der Waals surface area contributed by atoms with Crippen molar-refractivity contribution in [3.05, 3.63) is 66.7 Å². The molecule has 0 aromatic carbocycles. The highest BCUT2D eigenvalue weighted by molar-refractivity contribution is 8.09. The van der Waals surface area contributed by atoms with Crippen molar-refractivity contribution in [2.75, 3.05) is 11.5 Å². The second-order valence-electron chi connectivity index (χ2n) is 4.48. The first-order valence-corrected chi connectivity index (χ1v) is 10.0. The molecule has 0 aliphatic carbocycles. The topological polar surface area (TPSA) is 0 Å². The summed E-state index contributed by atoms with van der Waals surface area (Å²) >= 11 is 7.68. The molecule has 0 unspecified atom stereocenters. The molecular formula is C16H12S4. The molecule has 0 spiro atoms. The summed E-state index contributed by atoms with van der Waals surface area (Å²) in [5.74, 6) is 2.24. The van der Waals surface area contributed by atoms with Gasteiger partial charge < -0.3 is 0 Å². The summed E-state index contributed by atoms with van der Waals surface area (Å²) in [6, 6.07) is 9.04. The lowest BCUT2D eigenvalue weighted by Gasteiger charge is -1.86. The number of thiophene rings is 2. The van der Waals surface area contributed by atoms with E-state index < -0.39 is 0 Å². The monoisotopic (exact) mass is 332 g/mol. The molecule has 4 rings (SSSR count).